The monoisotopic (exact) mass is 316 g/mol. The van der Waals surface area contributed by atoms with Gasteiger partial charge in [-0.1, -0.05) is 36.4 Å². The molecule has 0 saturated carbocycles. The number of hydrogen-bond donors (Lipinski definition) is 0. The van der Waals surface area contributed by atoms with Gasteiger partial charge < -0.3 is 0 Å². The van der Waals surface area contributed by atoms with E-state index in [1.807, 2.05) is 30.3 Å². The summed E-state index contributed by atoms with van der Waals surface area (Å²) in [6.07, 6.45) is 4.40. The number of hydrogen-bond acceptors (Lipinski definition) is 4. The minimum atomic E-state index is -3.86. The van der Waals surface area contributed by atoms with Gasteiger partial charge in [0.15, 0.2) is 0 Å². The van der Waals surface area contributed by atoms with E-state index in [4.69, 9.17) is 0 Å². The van der Waals surface area contributed by atoms with Crippen molar-refractivity contribution in [1.82, 2.24) is 0 Å². The summed E-state index contributed by atoms with van der Waals surface area (Å²) in [7, 11) is -3.86. The third kappa shape index (κ3) is 4.10. The second-order valence-corrected chi connectivity index (χ2v) is 5.88. The van der Waals surface area contributed by atoms with Crippen molar-refractivity contribution in [2.24, 2.45) is 4.40 Å². The molecule has 0 aliphatic carbocycles. The molecule has 0 unspecified atom stereocenters. The molecule has 0 spiro atoms. The first-order valence-corrected chi connectivity index (χ1v) is 7.69. The summed E-state index contributed by atoms with van der Waals surface area (Å²) in [4.78, 5) is 9.83. The number of nitro groups is 1. The van der Waals surface area contributed by atoms with E-state index in [9.17, 15) is 18.5 Å². The highest BCUT2D eigenvalue weighted by atomic mass is 32.2. The molecule has 2 rings (SSSR count). The maximum absolute atomic E-state index is 11.9. The van der Waals surface area contributed by atoms with Gasteiger partial charge in [0.05, 0.1) is 9.82 Å². The van der Waals surface area contributed by atoms with Crippen LogP contribution in [-0.2, 0) is 10.0 Å². The first-order valence-electron chi connectivity index (χ1n) is 6.25. The summed E-state index contributed by atoms with van der Waals surface area (Å²) < 4.78 is 27.4. The first-order chi connectivity index (χ1) is 10.5. The number of nitrogens with zero attached hydrogens (tertiary/aromatic N) is 2. The Balaban J connectivity index is 2.12. The van der Waals surface area contributed by atoms with Crippen LogP contribution in [0.5, 0.6) is 0 Å². The number of rotatable bonds is 5. The van der Waals surface area contributed by atoms with Gasteiger partial charge in [-0.05, 0) is 23.8 Å². The van der Waals surface area contributed by atoms with E-state index in [0.717, 1.165) is 29.8 Å². The van der Waals surface area contributed by atoms with Crippen LogP contribution in [-0.4, -0.2) is 19.6 Å². The first kappa shape index (κ1) is 15.6. The zero-order valence-corrected chi connectivity index (χ0v) is 12.2. The highest BCUT2D eigenvalue weighted by Gasteiger charge is 2.13. The number of sulfonamides is 1. The molecule has 0 N–H and O–H groups in total. The molecule has 2 aromatic rings. The Morgan fingerprint density at radius 3 is 2.23 bits per heavy atom. The van der Waals surface area contributed by atoms with E-state index >= 15 is 0 Å². The molecule has 6 nitrogen and oxygen atoms in total. The zero-order chi connectivity index (χ0) is 16.0. The summed E-state index contributed by atoms with van der Waals surface area (Å²) in [6.45, 7) is 0. The fourth-order valence-corrected chi connectivity index (χ4v) is 2.47. The Bertz CT molecular complexity index is 810. The summed E-state index contributed by atoms with van der Waals surface area (Å²) in [5, 5.41) is 10.5. The number of allylic oxidation sites excluding steroid dienone is 1. The normalized spacial score (nSPS) is 12.0. The molecule has 2 aromatic carbocycles. The van der Waals surface area contributed by atoms with E-state index in [1.165, 1.54) is 12.3 Å². The van der Waals surface area contributed by atoms with Gasteiger partial charge in [-0.3, -0.25) is 10.1 Å². The number of nitro benzene ring substituents is 1. The lowest BCUT2D eigenvalue weighted by Crippen LogP contribution is -1.97. The van der Waals surface area contributed by atoms with Gasteiger partial charge in [0, 0.05) is 18.3 Å². The Kier molecular flexibility index (Phi) is 4.80. The summed E-state index contributed by atoms with van der Waals surface area (Å²) in [5.41, 5.74) is 0.744. The summed E-state index contributed by atoms with van der Waals surface area (Å²) in [5.74, 6) is 0. The Morgan fingerprint density at radius 1 is 1.00 bits per heavy atom. The second-order valence-electron chi connectivity index (χ2n) is 4.25. The molecule has 0 heterocycles. The van der Waals surface area contributed by atoms with E-state index in [0.29, 0.717) is 0 Å². The zero-order valence-electron chi connectivity index (χ0n) is 11.4. The van der Waals surface area contributed by atoms with E-state index in [1.54, 1.807) is 6.08 Å². The van der Waals surface area contributed by atoms with Gasteiger partial charge in [0.25, 0.3) is 15.7 Å². The topological polar surface area (TPSA) is 89.6 Å². The predicted molar refractivity (Wildman–Crippen MR) is 84.3 cm³/mol. The lowest BCUT2D eigenvalue weighted by Gasteiger charge is -1.97. The van der Waals surface area contributed by atoms with E-state index < -0.39 is 14.9 Å². The van der Waals surface area contributed by atoms with Crippen molar-refractivity contribution in [3.63, 3.8) is 0 Å². The molecule has 0 aliphatic heterocycles. The molecular formula is C15H12N2O4S. The van der Waals surface area contributed by atoms with Gasteiger partial charge in [-0.2, -0.15) is 12.8 Å². The lowest BCUT2D eigenvalue weighted by molar-refractivity contribution is -0.384. The Hall–Kier alpha value is -2.80. The van der Waals surface area contributed by atoms with Crippen LogP contribution >= 0.6 is 0 Å². The minimum Gasteiger partial charge on any atom is -0.258 e. The third-order valence-electron chi connectivity index (χ3n) is 2.72. The highest BCUT2D eigenvalue weighted by molar-refractivity contribution is 7.90. The van der Waals surface area contributed by atoms with Gasteiger partial charge in [-0.15, -0.1) is 0 Å². The Labute approximate surface area is 127 Å². The summed E-state index contributed by atoms with van der Waals surface area (Å²) >= 11 is 0. The van der Waals surface area contributed by atoms with Crippen LogP contribution in [0, 0.1) is 10.1 Å². The molecule has 0 saturated heterocycles. The highest BCUT2D eigenvalue weighted by Crippen LogP contribution is 2.17. The van der Waals surface area contributed by atoms with E-state index in [-0.39, 0.29) is 10.6 Å². The third-order valence-corrected chi connectivity index (χ3v) is 3.99. The van der Waals surface area contributed by atoms with Crippen LogP contribution in [0.25, 0.3) is 6.08 Å². The molecule has 0 amide bonds. The van der Waals surface area contributed by atoms with Crippen molar-refractivity contribution < 1.29 is 13.3 Å². The predicted octanol–water partition coefficient (Wildman–Crippen LogP) is 3.07. The molecule has 112 valence electrons. The molecule has 0 atom stereocenters. The molecule has 0 bridgehead atoms. The smallest absolute Gasteiger partial charge is 0.258 e. The molecule has 7 heteroatoms. The minimum absolute atomic E-state index is 0.0949. The van der Waals surface area contributed by atoms with Crippen molar-refractivity contribution >= 4 is 28.0 Å². The molecular weight excluding hydrogens is 304 g/mol. The largest absolute Gasteiger partial charge is 0.282 e. The SMILES string of the molecule is O=[N+]([O-])c1ccc(S(=O)(=O)/N=C/C=C/c2ccccc2)cc1. The summed E-state index contributed by atoms with van der Waals surface area (Å²) in [6, 6.07) is 13.9. The van der Waals surface area contributed by atoms with Gasteiger partial charge >= 0.3 is 0 Å². The van der Waals surface area contributed by atoms with Gasteiger partial charge in [0.2, 0.25) is 0 Å². The molecule has 22 heavy (non-hydrogen) atoms. The van der Waals surface area contributed by atoms with Crippen molar-refractivity contribution in [2.75, 3.05) is 0 Å². The fourth-order valence-electron chi connectivity index (χ4n) is 1.63. The van der Waals surface area contributed by atoms with Crippen LogP contribution in [0.4, 0.5) is 5.69 Å². The van der Waals surface area contributed by atoms with Crippen molar-refractivity contribution in [1.29, 1.82) is 0 Å². The van der Waals surface area contributed by atoms with Crippen molar-refractivity contribution in [3.8, 4) is 0 Å². The Morgan fingerprint density at radius 2 is 1.64 bits per heavy atom. The molecule has 0 aliphatic rings. The molecule has 0 fully saturated rings. The average molecular weight is 316 g/mol. The van der Waals surface area contributed by atoms with Crippen molar-refractivity contribution in [2.45, 2.75) is 4.90 Å². The van der Waals surface area contributed by atoms with Crippen LogP contribution in [0.15, 0.2) is 70.0 Å². The van der Waals surface area contributed by atoms with Gasteiger partial charge in [-0.25, -0.2) is 0 Å². The van der Waals surface area contributed by atoms with Crippen LogP contribution < -0.4 is 0 Å². The molecule has 0 aromatic heterocycles. The molecule has 0 radical (unpaired) electrons. The maximum atomic E-state index is 11.9. The fraction of sp³-hybridized carbons (Fsp3) is 0. The number of benzene rings is 2. The average Bonchev–Trinajstić information content (AvgIpc) is 2.53. The van der Waals surface area contributed by atoms with E-state index in [2.05, 4.69) is 4.40 Å². The van der Waals surface area contributed by atoms with Crippen molar-refractivity contribution in [3.05, 3.63) is 76.4 Å². The standard InChI is InChI=1S/C15H12N2O4S/c18-17(19)14-8-10-15(11-9-14)22(20,21)16-12-4-7-13-5-2-1-3-6-13/h1-12H/b7-4+,16-12+. The van der Waals surface area contributed by atoms with Crippen LogP contribution in [0.1, 0.15) is 5.56 Å². The quantitative estimate of drug-likeness (QED) is 0.481. The van der Waals surface area contributed by atoms with Crippen LogP contribution in [0.3, 0.4) is 0 Å². The lowest BCUT2D eigenvalue weighted by atomic mass is 10.2. The maximum Gasteiger partial charge on any atom is 0.282 e. The number of non-ortho nitro benzene ring substituents is 1. The van der Waals surface area contributed by atoms with Crippen LogP contribution in [0.2, 0.25) is 0 Å². The van der Waals surface area contributed by atoms with Gasteiger partial charge in [0.1, 0.15) is 0 Å². The second kappa shape index (κ2) is 6.77.